The van der Waals surface area contributed by atoms with Crippen molar-refractivity contribution in [3.63, 3.8) is 0 Å². The Hall–Kier alpha value is -1.75. The molecule has 3 N–H and O–H groups in total. The molecule has 98 valence electrons. The Labute approximate surface area is 106 Å². The summed E-state index contributed by atoms with van der Waals surface area (Å²) < 4.78 is 10.5. The molecule has 1 aromatic rings. The van der Waals surface area contributed by atoms with Gasteiger partial charge in [0.25, 0.3) is 0 Å². The molecule has 5 heteroatoms. The van der Waals surface area contributed by atoms with Crippen LogP contribution < -0.4 is 15.8 Å². The highest BCUT2D eigenvalue weighted by Gasteiger charge is 2.21. The minimum absolute atomic E-state index is 0.0734. The van der Waals surface area contributed by atoms with Gasteiger partial charge in [-0.25, -0.2) is 0 Å². The quantitative estimate of drug-likeness (QED) is 0.753. The van der Waals surface area contributed by atoms with Crippen LogP contribution in [0.4, 0.5) is 11.4 Å². The maximum Gasteiger partial charge on any atom is 0.250 e. The average Bonchev–Trinajstić information content (AvgIpc) is 3.15. The van der Waals surface area contributed by atoms with Crippen molar-refractivity contribution in [1.29, 1.82) is 0 Å². The highest BCUT2D eigenvalue weighted by molar-refractivity contribution is 5.93. The molecule has 2 rings (SSSR count). The van der Waals surface area contributed by atoms with Crippen LogP contribution in [0, 0.1) is 5.92 Å². The number of carbonyl (C=O) groups excluding carboxylic acids is 1. The first-order chi connectivity index (χ1) is 8.69. The number of nitrogens with two attached hydrogens (primary N) is 1. The zero-order valence-corrected chi connectivity index (χ0v) is 10.4. The van der Waals surface area contributed by atoms with Crippen molar-refractivity contribution in [2.45, 2.75) is 12.8 Å². The largest absolute Gasteiger partial charge is 0.494 e. The second kappa shape index (κ2) is 5.73. The summed E-state index contributed by atoms with van der Waals surface area (Å²) in [6.45, 7) is 0.746. The van der Waals surface area contributed by atoms with E-state index in [1.165, 1.54) is 20.0 Å². The number of nitrogen functional groups attached to an aromatic ring is 1. The van der Waals surface area contributed by atoms with Crippen LogP contribution in [0.25, 0.3) is 0 Å². The molecule has 0 saturated heterocycles. The van der Waals surface area contributed by atoms with Gasteiger partial charge >= 0.3 is 0 Å². The molecule has 1 aliphatic carbocycles. The lowest BCUT2D eigenvalue weighted by Crippen LogP contribution is -2.19. The van der Waals surface area contributed by atoms with Crippen LogP contribution in [0.3, 0.4) is 0 Å². The van der Waals surface area contributed by atoms with Gasteiger partial charge in [-0.05, 0) is 30.9 Å². The van der Waals surface area contributed by atoms with Crippen LogP contribution >= 0.6 is 0 Å². The van der Waals surface area contributed by atoms with E-state index in [2.05, 4.69) is 5.32 Å². The minimum Gasteiger partial charge on any atom is -0.494 e. The molecule has 0 bridgehead atoms. The Bertz CT molecular complexity index is 430. The summed E-state index contributed by atoms with van der Waals surface area (Å²) in [5, 5.41) is 2.74. The molecule has 0 radical (unpaired) electrons. The third kappa shape index (κ3) is 3.63. The molecule has 0 atom stereocenters. The fourth-order valence-corrected chi connectivity index (χ4v) is 1.60. The summed E-state index contributed by atoms with van der Waals surface area (Å²) in [6, 6.07) is 5.09. The van der Waals surface area contributed by atoms with Gasteiger partial charge in [0.2, 0.25) is 5.91 Å². The van der Waals surface area contributed by atoms with Crippen LogP contribution in [0.1, 0.15) is 12.8 Å². The number of ether oxygens (including phenoxy) is 2. The molecule has 5 nitrogen and oxygen atoms in total. The summed E-state index contributed by atoms with van der Waals surface area (Å²) in [5.41, 5.74) is 6.83. The zero-order chi connectivity index (χ0) is 13.0. The number of hydrogen-bond donors (Lipinski definition) is 2. The Morgan fingerprint density at radius 1 is 1.50 bits per heavy atom. The van der Waals surface area contributed by atoms with Crippen LogP contribution in [0.15, 0.2) is 18.2 Å². The molecule has 18 heavy (non-hydrogen) atoms. The summed E-state index contributed by atoms with van der Waals surface area (Å²) in [5.74, 6) is 1.02. The van der Waals surface area contributed by atoms with Crippen molar-refractivity contribution in [3.8, 4) is 5.75 Å². The Balaban J connectivity index is 1.84. The average molecular weight is 250 g/mol. The topological polar surface area (TPSA) is 73.6 Å². The Morgan fingerprint density at radius 3 is 2.94 bits per heavy atom. The van der Waals surface area contributed by atoms with Gasteiger partial charge in [-0.3, -0.25) is 4.79 Å². The fraction of sp³-hybridized carbons (Fsp3) is 0.462. The molecule has 1 aliphatic rings. The van der Waals surface area contributed by atoms with Gasteiger partial charge in [0, 0.05) is 11.8 Å². The van der Waals surface area contributed by atoms with Gasteiger partial charge < -0.3 is 20.5 Å². The van der Waals surface area contributed by atoms with Crippen molar-refractivity contribution < 1.29 is 14.3 Å². The van der Waals surface area contributed by atoms with Crippen LogP contribution in [-0.4, -0.2) is 26.2 Å². The number of methoxy groups -OCH3 is 1. The minimum atomic E-state index is -0.182. The first-order valence-electron chi connectivity index (χ1n) is 6.00. The highest BCUT2D eigenvalue weighted by Crippen LogP contribution is 2.29. The second-order valence-corrected chi connectivity index (χ2v) is 4.47. The second-order valence-electron chi connectivity index (χ2n) is 4.47. The molecule has 1 fully saturated rings. The lowest BCUT2D eigenvalue weighted by Gasteiger charge is -2.10. The number of anilines is 2. The smallest absolute Gasteiger partial charge is 0.250 e. The molecule has 1 amide bonds. The van der Waals surface area contributed by atoms with Gasteiger partial charge in [0.1, 0.15) is 12.4 Å². The molecular formula is C13H18N2O3. The van der Waals surface area contributed by atoms with Crippen LogP contribution in [0.5, 0.6) is 5.75 Å². The molecule has 1 saturated carbocycles. The first kappa shape index (κ1) is 12.7. The summed E-state index contributed by atoms with van der Waals surface area (Å²) >= 11 is 0. The van der Waals surface area contributed by atoms with Crippen molar-refractivity contribution >= 4 is 17.3 Å². The first-order valence-corrected chi connectivity index (χ1v) is 6.00. The molecule has 0 aromatic heterocycles. The number of benzene rings is 1. The van der Waals surface area contributed by atoms with Gasteiger partial charge in [-0.1, -0.05) is 0 Å². The number of nitrogens with one attached hydrogen (secondary N) is 1. The Morgan fingerprint density at radius 2 is 2.28 bits per heavy atom. The molecule has 0 unspecified atom stereocenters. The van der Waals surface area contributed by atoms with E-state index >= 15 is 0 Å². The van der Waals surface area contributed by atoms with E-state index < -0.39 is 0 Å². The normalized spacial score (nSPS) is 14.3. The lowest BCUT2D eigenvalue weighted by molar-refractivity contribution is -0.120. The number of rotatable bonds is 6. The van der Waals surface area contributed by atoms with Gasteiger partial charge in [0.05, 0.1) is 19.4 Å². The molecule has 0 heterocycles. The van der Waals surface area contributed by atoms with Gasteiger partial charge in [-0.2, -0.15) is 0 Å². The number of hydrogen-bond acceptors (Lipinski definition) is 4. The number of carbonyl (C=O) groups is 1. The lowest BCUT2D eigenvalue weighted by atomic mass is 10.2. The van der Waals surface area contributed by atoms with Crippen molar-refractivity contribution in [2.75, 3.05) is 31.4 Å². The van der Waals surface area contributed by atoms with E-state index in [1.807, 2.05) is 0 Å². The van der Waals surface area contributed by atoms with Crippen molar-refractivity contribution in [2.24, 2.45) is 5.92 Å². The Kier molecular flexibility index (Phi) is 4.04. The zero-order valence-electron chi connectivity index (χ0n) is 10.4. The van der Waals surface area contributed by atoms with Crippen molar-refractivity contribution in [1.82, 2.24) is 0 Å². The van der Waals surface area contributed by atoms with Gasteiger partial charge in [0.15, 0.2) is 0 Å². The molecular weight excluding hydrogens is 232 g/mol. The number of amides is 1. The molecule has 0 aliphatic heterocycles. The molecule has 1 aromatic carbocycles. The van der Waals surface area contributed by atoms with E-state index in [-0.39, 0.29) is 12.5 Å². The predicted octanol–water partition coefficient (Wildman–Crippen LogP) is 1.64. The molecule has 0 spiro atoms. The van der Waals surface area contributed by atoms with E-state index in [4.69, 9.17) is 15.2 Å². The third-order valence-electron chi connectivity index (χ3n) is 2.78. The van der Waals surface area contributed by atoms with E-state index in [1.54, 1.807) is 18.2 Å². The van der Waals surface area contributed by atoms with Crippen LogP contribution in [-0.2, 0) is 9.53 Å². The SMILES string of the molecule is COc1cc(N)ccc1NC(=O)COCC1CC1. The van der Waals surface area contributed by atoms with E-state index in [0.29, 0.717) is 29.6 Å². The summed E-state index contributed by atoms with van der Waals surface area (Å²) in [6.07, 6.45) is 2.43. The monoisotopic (exact) mass is 250 g/mol. The standard InChI is InChI=1S/C13H18N2O3/c1-17-12-6-10(14)4-5-11(12)15-13(16)8-18-7-9-2-3-9/h4-6,9H,2-3,7-8,14H2,1H3,(H,15,16). The van der Waals surface area contributed by atoms with Crippen molar-refractivity contribution in [3.05, 3.63) is 18.2 Å². The fourth-order valence-electron chi connectivity index (χ4n) is 1.60. The summed E-state index contributed by atoms with van der Waals surface area (Å²) in [7, 11) is 1.54. The summed E-state index contributed by atoms with van der Waals surface area (Å²) in [4.78, 5) is 11.6. The maximum absolute atomic E-state index is 11.6. The van der Waals surface area contributed by atoms with Gasteiger partial charge in [-0.15, -0.1) is 0 Å². The third-order valence-corrected chi connectivity index (χ3v) is 2.78. The van der Waals surface area contributed by atoms with Crippen LogP contribution in [0.2, 0.25) is 0 Å². The predicted molar refractivity (Wildman–Crippen MR) is 69.6 cm³/mol. The highest BCUT2D eigenvalue weighted by atomic mass is 16.5. The van der Waals surface area contributed by atoms with E-state index in [0.717, 1.165) is 0 Å². The van der Waals surface area contributed by atoms with E-state index in [9.17, 15) is 4.79 Å². The maximum atomic E-state index is 11.6.